The van der Waals surface area contributed by atoms with Crippen molar-refractivity contribution in [1.82, 2.24) is 0 Å². The van der Waals surface area contributed by atoms with Crippen LogP contribution in [0.4, 0.5) is 0 Å². The van der Waals surface area contributed by atoms with Crippen molar-refractivity contribution in [3.8, 4) is 0 Å². The molecule has 1 unspecified atom stereocenters. The molecule has 2 N–H and O–H groups in total. The summed E-state index contributed by atoms with van der Waals surface area (Å²) < 4.78 is 0. The number of aryl methyl sites for hydroxylation is 1. The quantitative estimate of drug-likeness (QED) is 0.856. The summed E-state index contributed by atoms with van der Waals surface area (Å²) in [5, 5.41) is 0. The van der Waals surface area contributed by atoms with Gasteiger partial charge in [0, 0.05) is 6.04 Å². The second kappa shape index (κ2) is 6.44. The third-order valence-electron chi connectivity index (χ3n) is 4.11. The molecule has 0 amide bonds. The van der Waals surface area contributed by atoms with Gasteiger partial charge in [-0.05, 0) is 40.5 Å². The Labute approximate surface area is 129 Å². The maximum atomic E-state index is 6.43. The van der Waals surface area contributed by atoms with E-state index in [2.05, 4.69) is 76.2 Å². The summed E-state index contributed by atoms with van der Waals surface area (Å²) in [5.41, 5.74) is 11.9. The lowest BCUT2D eigenvalue weighted by Crippen LogP contribution is -2.16. The van der Waals surface area contributed by atoms with Crippen molar-refractivity contribution in [2.24, 2.45) is 5.73 Å². The van der Waals surface area contributed by atoms with Crippen molar-refractivity contribution >= 4 is 0 Å². The highest BCUT2D eigenvalue weighted by Crippen LogP contribution is 2.24. The normalized spacial score (nSPS) is 13.2. The zero-order valence-corrected chi connectivity index (χ0v) is 13.7. The van der Waals surface area contributed by atoms with Crippen LogP contribution in [-0.2, 0) is 18.3 Å². The second-order valence-corrected chi connectivity index (χ2v) is 6.81. The molecule has 0 saturated heterocycles. The molecule has 2 rings (SSSR count). The van der Waals surface area contributed by atoms with Crippen LogP contribution in [0, 0.1) is 0 Å². The largest absolute Gasteiger partial charge is 0.324 e. The number of benzene rings is 2. The first kappa shape index (κ1) is 15.8. The third kappa shape index (κ3) is 3.95. The first-order valence-corrected chi connectivity index (χ1v) is 7.84. The number of nitrogens with two attached hydrogens (primary N) is 1. The first-order chi connectivity index (χ1) is 9.91. The van der Waals surface area contributed by atoms with Crippen LogP contribution >= 0.6 is 0 Å². The van der Waals surface area contributed by atoms with Crippen LogP contribution < -0.4 is 5.73 Å². The maximum Gasteiger partial charge on any atom is 0.0338 e. The summed E-state index contributed by atoms with van der Waals surface area (Å²) in [4.78, 5) is 0. The molecule has 1 heteroatoms. The standard InChI is InChI=1S/C20H27N/c1-5-16-8-6-7-9-18(16)19(21)14-15-10-12-17(13-11-15)20(2,3)4/h6-13,19H,5,14,21H2,1-4H3. The molecule has 0 heterocycles. The van der Waals surface area contributed by atoms with E-state index >= 15 is 0 Å². The lowest BCUT2D eigenvalue weighted by molar-refractivity contribution is 0.589. The molecule has 0 aromatic heterocycles. The van der Waals surface area contributed by atoms with E-state index in [1.807, 2.05) is 0 Å². The molecule has 0 saturated carbocycles. The molecule has 1 atom stereocenters. The topological polar surface area (TPSA) is 26.0 Å². The molecule has 2 aromatic rings. The van der Waals surface area contributed by atoms with E-state index in [4.69, 9.17) is 5.73 Å². The van der Waals surface area contributed by atoms with Gasteiger partial charge in [-0.15, -0.1) is 0 Å². The Morgan fingerprint density at radius 1 is 0.952 bits per heavy atom. The Balaban J connectivity index is 2.14. The lowest BCUT2D eigenvalue weighted by atomic mass is 9.86. The number of hydrogen-bond acceptors (Lipinski definition) is 1. The SMILES string of the molecule is CCc1ccccc1C(N)Cc1ccc(C(C)(C)C)cc1. The van der Waals surface area contributed by atoms with E-state index in [-0.39, 0.29) is 11.5 Å². The van der Waals surface area contributed by atoms with Gasteiger partial charge in [-0.1, -0.05) is 76.2 Å². The van der Waals surface area contributed by atoms with Crippen molar-refractivity contribution in [1.29, 1.82) is 0 Å². The number of rotatable bonds is 4. The summed E-state index contributed by atoms with van der Waals surface area (Å²) in [7, 11) is 0. The highest BCUT2D eigenvalue weighted by Gasteiger charge is 2.14. The first-order valence-electron chi connectivity index (χ1n) is 7.84. The summed E-state index contributed by atoms with van der Waals surface area (Å²) in [5.74, 6) is 0. The Kier molecular flexibility index (Phi) is 4.84. The van der Waals surface area contributed by atoms with Gasteiger partial charge < -0.3 is 5.73 Å². The van der Waals surface area contributed by atoms with Crippen molar-refractivity contribution in [3.05, 3.63) is 70.8 Å². The van der Waals surface area contributed by atoms with Crippen molar-refractivity contribution in [2.75, 3.05) is 0 Å². The molecular weight excluding hydrogens is 254 g/mol. The van der Waals surface area contributed by atoms with Crippen LogP contribution in [0.5, 0.6) is 0 Å². The monoisotopic (exact) mass is 281 g/mol. The van der Waals surface area contributed by atoms with Crippen molar-refractivity contribution in [3.63, 3.8) is 0 Å². The molecule has 1 nitrogen and oxygen atoms in total. The molecule has 0 spiro atoms. The molecule has 21 heavy (non-hydrogen) atoms. The maximum absolute atomic E-state index is 6.43. The van der Waals surface area contributed by atoms with Gasteiger partial charge in [0.1, 0.15) is 0 Å². The molecule has 0 aliphatic carbocycles. The minimum Gasteiger partial charge on any atom is -0.324 e. The predicted octanol–water partition coefficient (Wildman–Crippen LogP) is 4.79. The summed E-state index contributed by atoms with van der Waals surface area (Å²) >= 11 is 0. The molecular formula is C20H27N. The van der Waals surface area contributed by atoms with E-state index in [0.29, 0.717) is 0 Å². The molecule has 112 valence electrons. The molecule has 0 bridgehead atoms. The highest BCUT2D eigenvalue weighted by atomic mass is 14.6. The van der Waals surface area contributed by atoms with Gasteiger partial charge in [0.2, 0.25) is 0 Å². The Morgan fingerprint density at radius 2 is 1.57 bits per heavy atom. The minimum absolute atomic E-state index is 0.0710. The van der Waals surface area contributed by atoms with Crippen LogP contribution in [0.15, 0.2) is 48.5 Å². The lowest BCUT2D eigenvalue weighted by Gasteiger charge is -2.20. The smallest absolute Gasteiger partial charge is 0.0338 e. The van der Waals surface area contributed by atoms with Gasteiger partial charge in [-0.25, -0.2) is 0 Å². The Morgan fingerprint density at radius 3 is 2.14 bits per heavy atom. The average molecular weight is 281 g/mol. The Bertz CT molecular complexity index is 576. The van der Waals surface area contributed by atoms with Crippen LogP contribution in [0.3, 0.4) is 0 Å². The van der Waals surface area contributed by atoms with Crippen LogP contribution in [0.25, 0.3) is 0 Å². The van der Waals surface area contributed by atoms with Gasteiger partial charge >= 0.3 is 0 Å². The molecule has 0 fully saturated rings. The number of hydrogen-bond donors (Lipinski definition) is 1. The Hall–Kier alpha value is -1.60. The molecule has 0 aliphatic heterocycles. The van der Waals surface area contributed by atoms with Gasteiger partial charge in [0.15, 0.2) is 0 Å². The fourth-order valence-corrected chi connectivity index (χ4v) is 2.72. The minimum atomic E-state index is 0.0710. The van der Waals surface area contributed by atoms with E-state index in [9.17, 15) is 0 Å². The van der Waals surface area contributed by atoms with Gasteiger partial charge in [0.25, 0.3) is 0 Å². The molecule has 0 aliphatic rings. The van der Waals surface area contributed by atoms with E-state index in [0.717, 1.165) is 12.8 Å². The summed E-state index contributed by atoms with van der Waals surface area (Å²) in [6.45, 7) is 8.91. The zero-order valence-electron chi connectivity index (χ0n) is 13.7. The van der Waals surface area contributed by atoms with Gasteiger partial charge in [0.05, 0.1) is 0 Å². The van der Waals surface area contributed by atoms with Crippen molar-refractivity contribution in [2.45, 2.75) is 52.0 Å². The van der Waals surface area contributed by atoms with E-state index in [1.54, 1.807) is 0 Å². The summed E-state index contributed by atoms with van der Waals surface area (Å²) in [6.07, 6.45) is 1.92. The predicted molar refractivity (Wildman–Crippen MR) is 91.6 cm³/mol. The zero-order chi connectivity index (χ0) is 15.5. The van der Waals surface area contributed by atoms with Crippen molar-refractivity contribution < 1.29 is 0 Å². The van der Waals surface area contributed by atoms with Crippen LogP contribution in [-0.4, -0.2) is 0 Å². The van der Waals surface area contributed by atoms with E-state index in [1.165, 1.54) is 22.3 Å². The fraction of sp³-hybridized carbons (Fsp3) is 0.400. The van der Waals surface area contributed by atoms with Gasteiger partial charge in [-0.2, -0.15) is 0 Å². The third-order valence-corrected chi connectivity index (χ3v) is 4.11. The molecule has 2 aromatic carbocycles. The highest BCUT2D eigenvalue weighted by molar-refractivity contribution is 5.33. The summed E-state index contributed by atoms with van der Waals surface area (Å²) in [6, 6.07) is 17.5. The average Bonchev–Trinajstić information content (AvgIpc) is 2.46. The second-order valence-electron chi connectivity index (χ2n) is 6.81. The van der Waals surface area contributed by atoms with Crippen LogP contribution in [0.1, 0.15) is 56.0 Å². The van der Waals surface area contributed by atoms with E-state index < -0.39 is 0 Å². The van der Waals surface area contributed by atoms with Crippen LogP contribution in [0.2, 0.25) is 0 Å². The fourth-order valence-electron chi connectivity index (χ4n) is 2.72. The molecule has 0 radical (unpaired) electrons. The van der Waals surface area contributed by atoms with Gasteiger partial charge in [-0.3, -0.25) is 0 Å².